The van der Waals surface area contributed by atoms with E-state index in [1.165, 1.54) is 25.3 Å². The highest BCUT2D eigenvalue weighted by atomic mass is 35.5. The molecule has 1 saturated carbocycles. The first-order valence-electron chi connectivity index (χ1n) is 15.5. The predicted octanol–water partition coefficient (Wildman–Crippen LogP) is 5.69. The molecule has 2 aromatic carbocycles. The van der Waals surface area contributed by atoms with E-state index in [-0.39, 0.29) is 12.3 Å². The summed E-state index contributed by atoms with van der Waals surface area (Å²) < 4.78 is 6.26. The van der Waals surface area contributed by atoms with Gasteiger partial charge in [0.25, 0.3) is 0 Å². The van der Waals surface area contributed by atoms with Crippen molar-refractivity contribution in [1.29, 1.82) is 5.26 Å². The Morgan fingerprint density at radius 3 is 2.75 bits per heavy atom. The lowest BCUT2D eigenvalue weighted by Crippen LogP contribution is -2.42. The number of aromatic nitrogens is 2. The monoisotopic (exact) mass is 611 g/mol. The zero-order valence-electron chi connectivity index (χ0n) is 25.2. The smallest absolute Gasteiger partial charge is 0.318 e. The second-order valence-corrected chi connectivity index (χ2v) is 11.9. The number of ether oxygens (including phenoxy) is 1. The number of nitrogens with zero attached hydrogens (tertiary/aromatic N) is 7. The molecule has 3 aliphatic rings. The fraction of sp³-hybridized carbons (Fsp3) is 0.412. The van der Waals surface area contributed by atoms with Crippen molar-refractivity contribution >= 4 is 39.8 Å². The van der Waals surface area contributed by atoms with Gasteiger partial charge in [0.2, 0.25) is 5.91 Å². The van der Waals surface area contributed by atoms with Gasteiger partial charge in [-0.2, -0.15) is 15.2 Å². The molecule has 0 N–H and O–H groups in total. The van der Waals surface area contributed by atoms with Crippen molar-refractivity contribution < 1.29 is 9.53 Å². The Morgan fingerprint density at radius 1 is 1.20 bits per heavy atom. The molecule has 3 heterocycles. The van der Waals surface area contributed by atoms with Gasteiger partial charge < -0.3 is 19.4 Å². The lowest BCUT2D eigenvalue weighted by molar-refractivity contribution is -0.124. The quantitative estimate of drug-likeness (QED) is 0.270. The molecule has 3 aromatic rings. The minimum absolute atomic E-state index is 0.107. The van der Waals surface area contributed by atoms with Gasteiger partial charge >= 0.3 is 6.01 Å². The number of amides is 1. The maximum absolute atomic E-state index is 12.5. The van der Waals surface area contributed by atoms with Crippen molar-refractivity contribution in [2.24, 2.45) is 0 Å². The van der Waals surface area contributed by atoms with Gasteiger partial charge in [-0.3, -0.25) is 9.69 Å². The number of anilines is 2. The van der Waals surface area contributed by atoms with Crippen LogP contribution < -0.4 is 14.5 Å². The van der Waals surface area contributed by atoms with Crippen LogP contribution >= 0.6 is 11.6 Å². The van der Waals surface area contributed by atoms with Crippen LogP contribution in [-0.4, -0.2) is 71.0 Å². The first kappa shape index (κ1) is 29.9. The Balaban J connectivity index is 1.34. The number of allylic oxidation sites excluding steroid dienone is 1. The largest absolute Gasteiger partial charge is 0.462 e. The molecule has 0 radical (unpaired) electrons. The number of hydrogen-bond acceptors (Lipinski definition) is 8. The molecule has 1 fully saturated rings. The second-order valence-electron chi connectivity index (χ2n) is 11.4. The number of likely N-dealkylation sites (N-methyl/N-ethyl adjacent to an activating group) is 1. The van der Waals surface area contributed by atoms with Crippen molar-refractivity contribution in [3.8, 4) is 12.1 Å². The zero-order valence-corrected chi connectivity index (χ0v) is 26.0. The van der Waals surface area contributed by atoms with Crippen molar-refractivity contribution in [3.63, 3.8) is 0 Å². The number of nitriles is 1. The van der Waals surface area contributed by atoms with Gasteiger partial charge in [-0.1, -0.05) is 55.8 Å². The lowest BCUT2D eigenvalue weighted by Gasteiger charge is -2.37. The number of benzene rings is 2. The summed E-state index contributed by atoms with van der Waals surface area (Å²) in [4.78, 5) is 30.9. The Kier molecular flexibility index (Phi) is 9.01. The third-order valence-electron chi connectivity index (χ3n) is 8.99. The summed E-state index contributed by atoms with van der Waals surface area (Å²) in [5, 5.41) is 12.4. The first-order valence-corrected chi connectivity index (χ1v) is 15.9. The molecule has 0 bridgehead atoms. The third kappa shape index (κ3) is 5.97. The van der Waals surface area contributed by atoms with Crippen molar-refractivity contribution in [3.05, 3.63) is 77.2 Å². The van der Waals surface area contributed by atoms with Gasteiger partial charge in [-0.05, 0) is 49.4 Å². The van der Waals surface area contributed by atoms with E-state index in [1.54, 1.807) is 4.90 Å². The number of fused-ring (bicyclic) bond motifs is 2. The standard InChI is InChI=1S/C34H38ClN7O2/c1-3-31(43)42-19-18-41(22-26(42)14-16-36)33-27-15-17-40(30-13-6-9-24-8-5-12-28(35)32(24)30)23-29(27)37-34(38-33)44-21-20-39(4-2)25-10-7-11-25/h3,5-6,8-9,12-13,22,25H,1,4,7,10-11,14-15,17-21,23H2,2H3. The Bertz CT molecular complexity index is 1620. The molecule has 0 saturated heterocycles. The van der Waals surface area contributed by atoms with Gasteiger partial charge in [0.15, 0.2) is 0 Å². The molecular formula is C34H38ClN7O2. The van der Waals surface area contributed by atoms with Gasteiger partial charge in [0.1, 0.15) is 12.4 Å². The van der Waals surface area contributed by atoms with Crippen molar-refractivity contribution in [1.82, 2.24) is 19.8 Å². The Hall–Kier alpha value is -4.13. The van der Waals surface area contributed by atoms with Crippen LogP contribution in [0.2, 0.25) is 5.02 Å². The fourth-order valence-electron chi connectivity index (χ4n) is 6.46. The van der Waals surface area contributed by atoms with Crippen LogP contribution in [0.1, 0.15) is 43.9 Å². The summed E-state index contributed by atoms with van der Waals surface area (Å²) in [6.45, 7) is 10.5. The molecule has 1 amide bonds. The Morgan fingerprint density at radius 2 is 2.02 bits per heavy atom. The molecular weight excluding hydrogens is 574 g/mol. The highest BCUT2D eigenvalue weighted by Gasteiger charge is 2.30. The number of carbonyl (C=O) groups is 1. The number of halogens is 1. The predicted molar refractivity (Wildman–Crippen MR) is 174 cm³/mol. The molecule has 9 nitrogen and oxygen atoms in total. The number of rotatable bonds is 10. The summed E-state index contributed by atoms with van der Waals surface area (Å²) in [5.74, 6) is 0.560. The van der Waals surface area contributed by atoms with E-state index in [2.05, 4.69) is 53.6 Å². The average Bonchev–Trinajstić information content (AvgIpc) is 3.02. The average molecular weight is 612 g/mol. The molecule has 0 unspecified atom stereocenters. The van der Waals surface area contributed by atoms with Crippen LogP contribution in [0.25, 0.3) is 10.8 Å². The summed E-state index contributed by atoms with van der Waals surface area (Å²) in [5.41, 5.74) is 3.67. The van der Waals surface area contributed by atoms with Crippen LogP contribution in [-0.2, 0) is 17.8 Å². The van der Waals surface area contributed by atoms with Crippen LogP contribution in [0, 0.1) is 11.3 Å². The normalized spacial score (nSPS) is 16.8. The summed E-state index contributed by atoms with van der Waals surface area (Å²) in [6.07, 6.45) is 7.78. The van der Waals surface area contributed by atoms with Crippen molar-refractivity contribution in [2.45, 2.75) is 51.6 Å². The summed E-state index contributed by atoms with van der Waals surface area (Å²) in [6, 6.07) is 15.4. The topological polar surface area (TPSA) is 88.8 Å². The molecule has 10 heteroatoms. The van der Waals surface area contributed by atoms with Crippen molar-refractivity contribution in [2.75, 3.05) is 49.1 Å². The Labute approximate surface area is 264 Å². The molecule has 228 valence electrons. The molecule has 44 heavy (non-hydrogen) atoms. The van der Waals surface area contributed by atoms with Gasteiger partial charge in [0, 0.05) is 55.1 Å². The summed E-state index contributed by atoms with van der Waals surface area (Å²) in [7, 11) is 0. The SMILES string of the molecule is C=CC(=O)N1CCN(c2nc(OCCN(CC)C3CCC3)nc3c2CCN(c2cccc4cccc(Cl)c24)C3)C=C1CC#N. The van der Waals surface area contributed by atoms with E-state index in [9.17, 15) is 10.1 Å². The van der Waals surface area contributed by atoms with Gasteiger partial charge in [-0.15, -0.1) is 0 Å². The van der Waals surface area contributed by atoms with E-state index in [1.807, 2.05) is 23.2 Å². The minimum Gasteiger partial charge on any atom is -0.462 e. The molecule has 1 aromatic heterocycles. The van der Waals surface area contributed by atoms with Crippen LogP contribution in [0.15, 0.2) is 61.0 Å². The zero-order chi connectivity index (χ0) is 30.6. The van der Waals surface area contributed by atoms with E-state index in [0.29, 0.717) is 44.0 Å². The molecule has 2 aliphatic heterocycles. The highest BCUT2D eigenvalue weighted by Crippen LogP contribution is 2.37. The molecule has 1 aliphatic carbocycles. The van der Waals surface area contributed by atoms with Gasteiger partial charge in [-0.25, -0.2) is 0 Å². The molecule has 0 spiro atoms. The fourth-order valence-corrected chi connectivity index (χ4v) is 6.74. The second kappa shape index (κ2) is 13.2. The summed E-state index contributed by atoms with van der Waals surface area (Å²) >= 11 is 6.70. The minimum atomic E-state index is -0.212. The molecule has 0 atom stereocenters. The number of hydrogen-bond donors (Lipinski definition) is 0. The number of carbonyl (C=O) groups excluding carboxylic acids is 1. The van der Waals surface area contributed by atoms with Crippen LogP contribution in [0.3, 0.4) is 0 Å². The van der Waals surface area contributed by atoms with Gasteiger partial charge in [0.05, 0.1) is 35.4 Å². The van der Waals surface area contributed by atoms with Crippen LogP contribution in [0.5, 0.6) is 6.01 Å². The van der Waals surface area contributed by atoms with Crippen LogP contribution in [0.4, 0.5) is 11.5 Å². The third-order valence-corrected chi connectivity index (χ3v) is 9.31. The van der Waals surface area contributed by atoms with E-state index in [4.69, 9.17) is 26.3 Å². The lowest BCUT2D eigenvalue weighted by atomic mass is 9.91. The maximum Gasteiger partial charge on any atom is 0.318 e. The highest BCUT2D eigenvalue weighted by molar-refractivity contribution is 6.36. The maximum atomic E-state index is 12.5. The molecule has 6 rings (SSSR count). The van der Waals surface area contributed by atoms with E-state index in [0.717, 1.165) is 64.6 Å². The first-order chi connectivity index (χ1) is 21.5. The van der Waals surface area contributed by atoms with E-state index >= 15 is 0 Å². The van der Waals surface area contributed by atoms with E-state index < -0.39 is 0 Å².